The van der Waals surface area contributed by atoms with Gasteiger partial charge in [0.25, 0.3) is 11.8 Å². The standard InChI is InChI=1S/C13H12N4O3/c14-7-8-3-1-2-4-10(8)15-11(18)6-5-9-12(19)16-17-13(9)20/h1-4,9H,5-6H2,(H,15,18)(H,16,19)(H,17,20). The molecule has 1 fully saturated rings. The second kappa shape index (κ2) is 5.84. The summed E-state index contributed by atoms with van der Waals surface area (Å²) in [5, 5.41) is 11.5. The van der Waals surface area contributed by atoms with Crippen molar-refractivity contribution in [1.82, 2.24) is 10.9 Å². The molecule has 1 saturated heterocycles. The summed E-state index contributed by atoms with van der Waals surface area (Å²) >= 11 is 0. The summed E-state index contributed by atoms with van der Waals surface area (Å²) in [6.07, 6.45) is 0.142. The third-order valence-electron chi connectivity index (χ3n) is 2.92. The Morgan fingerprint density at radius 1 is 1.25 bits per heavy atom. The minimum atomic E-state index is -0.841. The normalized spacial score (nSPS) is 14.3. The first kappa shape index (κ1) is 13.5. The highest BCUT2D eigenvalue weighted by Crippen LogP contribution is 2.15. The molecule has 0 aromatic heterocycles. The van der Waals surface area contributed by atoms with Crippen LogP contribution in [0.25, 0.3) is 0 Å². The fraction of sp³-hybridized carbons (Fsp3) is 0.231. The number of benzene rings is 1. The van der Waals surface area contributed by atoms with Crippen molar-refractivity contribution in [2.45, 2.75) is 12.8 Å². The maximum Gasteiger partial charge on any atom is 0.251 e. The van der Waals surface area contributed by atoms with Gasteiger partial charge >= 0.3 is 0 Å². The molecular formula is C13H12N4O3. The summed E-state index contributed by atoms with van der Waals surface area (Å²) in [6, 6.07) is 8.58. The van der Waals surface area contributed by atoms with E-state index in [0.29, 0.717) is 11.3 Å². The molecule has 0 aliphatic carbocycles. The molecule has 20 heavy (non-hydrogen) atoms. The van der Waals surface area contributed by atoms with Crippen LogP contribution in [-0.4, -0.2) is 17.7 Å². The number of para-hydroxylation sites is 1. The van der Waals surface area contributed by atoms with E-state index >= 15 is 0 Å². The predicted molar refractivity (Wildman–Crippen MR) is 68.8 cm³/mol. The summed E-state index contributed by atoms with van der Waals surface area (Å²) in [5.41, 5.74) is 5.17. The molecule has 1 aromatic rings. The highest BCUT2D eigenvalue weighted by atomic mass is 16.2. The second-order valence-corrected chi connectivity index (χ2v) is 4.28. The van der Waals surface area contributed by atoms with Gasteiger partial charge in [-0.1, -0.05) is 12.1 Å². The lowest BCUT2D eigenvalue weighted by Gasteiger charge is -2.07. The van der Waals surface area contributed by atoms with Crippen molar-refractivity contribution in [3.8, 4) is 6.07 Å². The van der Waals surface area contributed by atoms with E-state index in [0.717, 1.165) is 0 Å². The van der Waals surface area contributed by atoms with Gasteiger partial charge in [0.05, 0.1) is 11.3 Å². The molecule has 0 atom stereocenters. The fourth-order valence-electron chi connectivity index (χ4n) is 1.86. The molecule has 7 heteroatoms. The Kier molecular flexibility index (Phi) is 3.96. The highest BCUT2D eigenvalue weighted by Gasteiger charge is 2.32. The van der Waals surface area contributed by atoms with Crippen molar-refractivity contribution in [1.29, 1.82) is 5.26 Å². The summed E-state index contributed by atoms with van der Waals surface area (Å²) in [5.74, 6) is -2.05. The number of nitrogens with zero attached hydrogens (tertiary/aromatic N) is 1. The second-order valence-electron chi connectivity index (χ2n) is 4.28. The predicted octanol–water partition coefficient (Wildman–Crippen LogP) is 0.0542. The Bertz CT molecular complexity index is 590. The maximum absolute atomic E-state index is 11.8. The van der Waals surface area contributed by atoms with Crippen LogP contribution >= 0.6 is 0 Å². The third-order valence-corrected chi connectivity index (χ3v) is 2.92. The van der Waals surface area contributed by atoms with Crippen molar-refractivity contribution >= 4 is 23.4 Å². The van der Waals surface area contributed by atoms with E-state index in [1.807, 2.05) is 6.07 Å². The van der Waals surface area contributed by atoms with Crippen LogP contribution in [0, 0.1) is 17.2 Å². The Hall–Kier alpha value is -2.88. The lowest BCUT2D eigenvalue weighted by atomic mass is 10.0. The molecule has 1 aliphatic rings. The zero-order valence-electron chi connectivity index (χ0n) is 10.5. The van der Waals surface area contributed by atoms with Gasteiger partial charge in [-0.3, -0.25) is 25.2 Å². The van der Waals surface area contributed by atoms with Crippen LogP contribution in [0.2, 0.25) is 0 Å². The van der Waals surface area contributed by atoms with E-state index < -0.39 is 17.7 Å². The van der Waals surface area contributed by atoms with Crippen molar-refractivity contribution in [3.63, 3.8) is 0 Å². The number of amides is 3. The van der Waals surface area contributed by atoms with Crippen LogP contribution in [0.4, 0.5) is 5.69 Å². The van der Waals surface area contributed by atoms with Crippen molar-refractivity contribution in [2.75, 3.05) is 5.32 Å². The molecule has 1 aromatic carbocycles. The fourth-order valence-corrected chi connectivity index (χ4v) is 1.86. The highest BCUT2D eigenvalue weighted by molar-refractivity contribution is 6.05. The molecule has 3 amide bonds. The molecule has 7 nitrogen and oxygen atoms in total. The van der Waals surface area contributed by atoms with E-state index in [2.05, 4.69) is 16.2 Å². The molecule has 0 bridgehead atoms. The molecule has 2 rings (SSSR count). The molecule has 0 unspecified atom stereocenters. The van der Waals surface area contributed by atoms with Crippen LogP contribution in [0.15, 0.2) is 24.3 Å². The van der Waals surface area contributed by atoms with E-state index in [-0.39, 0.29) is 18.7 Å². The maximum atomic E-state index is 11.8. The molecule has 0 saturated carbocycles. The summed E-state index contributed by atoms with van der Waals surface area (Å²) in [7, 11) is 0. The van der Waals surface area contributed by atoms with Crippen molar-refractivity contribution in [2.24, 2.45) is 5.92 Å². The van der Waals surface area contributed by atoms with Crippen molar-refractivity contribution in [3.05, 3.63) is 29.8 Å². The number of rotatable bonds is 4. The average Bonchev–Trinajstić information content (AvgIpc) is 2.76. The molecule has 102 valence electrons. The lowest BCUT2D eigenvalue weighted by molar-refractivity contribution is -0.128. The van der Waals surface area contributed by atoms with Crippen LogP contribution in [0.5, 0.6) is 0 Å². The monoisotopic (exact) mass is 272 g/mol. The number of carbonyl (C=O) groups is 3. The molecule has 0 radical (unpaired) electrons. The van der Waals surface area contributed by atoms with Crippen LogP contribution < -0.4 is 16.2 Å². The Morgan fingerprint density at radius 3 is 2.55 bits per heavy atom. The first-order valence-electron chi connectivity index (χ1n) is 6.00. The van der Waals surface area contributed by atoms with Gasteiger partial charge in [0.15, 0.2) is 0 Å². The Morgan fingerprint density at radius 2 is 1.90 bits per heavy atom. The summed E-state index contributed by atoms with van der Waals surface area (Å²) in [4.78, 5) is 34.3. The van der Waals surface area contributed by atoms with Gasteiger partial charge < -0.3 is 5.32 Å². The Balaban J connectivity index is 1.92. The van der Waals surface area contributed by atoms with E-state index in [1.54, 1.807) is 24.3 Å². The van der Waals surface area contributed by atoms with Gasteiger partial charge in [-0.2, -0.15) is 5.26 Å². The van der Waals surface area contributed by atoms with Crippen LogP contribution in [-0.2, 0) is 14.4 Å². The van der Waals surface area contributed by atoms with Gasteiger partial charge in [0.2, 0.25) is 5.91 Å². The van der Waals surface area contributed by atoms with Crippen molar-refractivity contribution < 1.29 is 14.4 Å². The minimum Gasteiger partial charge on any atom is -0.325 e. The lowest BCUT2D eigenvalue weighted by Crippen LogP contribution is -2.28. The number of hydrogen-bond donors (Lipinski definition) is 3. The zero-order chi connectivity index (χ0) is 14.5. The van der Waals surface area contributed by atoms with Crippen LogP contribution in [0.1, 0.15) is 18.4 Å². The van der Waals surface area contributed by atoms with Gasteiger partial charge in [0, 0.05) is 6.42 Å². The number of anilines is 1. The number of nitriles is 1. The summed E-state index contributed by atoms with van der Waals surface area (Å²) < 4.78 is 0. The van der Waals surface area contributed by atoms with Gasteiger partial charge in [-0.15, -0.1) is 0 Å². The van der Waals surface area contributed by atoms with Gasteiger partial charge in [-0.05, 0) is 18.6 Å². The SMILES string of the molecule is N#Cc1ccccc1NC(=O)CCC1C(=O)NNC1=O. The first-order chi connectivity index (χ1) is 9.61. The average molecular weight is 272 g/mol. The smallest absolute Gasteiger partial charge is 0.251 e. The van der Waals surface area contributed by atoms with E-state index in [4.69, 9.17) is 5.26 Å². The summed E-state index contributed by atoms with van der Waals surface area (Å²) in [6.45, 7) is 0. The third kappa shape index (κ3) is 2.92. The van der Waals surface area contributed by atoms with E-state index in [1.165, 1.54) is 0 Å². The molecule has 0 spiro atoms. The minimum absolute atomic E-state index is 0.0191. The molecular weight excluding hydrogens is 260 g/mol. The number of hydrazine groups is 1. The number of hydrogen-bond acceptors (Lipinski definition) is 4. The zero-order valence-corrected chi connectivity index (χ0v) is 10.5. The molecule has 1 aliphatic heterocycles. The topological polar surface area (TPSA) is 111 Å². The molecule has 1 heterocycles. The van der Waals surface area contributed by atoms with Crippen LogP contribution in [0.3, 0.4) is 0 Å². The quantitative estimate of drug-likeness (QED) is 0.672. The number of nitrogens with one attached hydrogen (secondary N) is 3. The first-order valence-corrected chi connectivity index (χ1v) is 6.00. The largest absolute Gasteiger partial charge is 0.325 e. The number of carbonyl (C=O) groups excluding carboxylic acids is 3. The van der Waals surface area contributed by atoms with Gasteiger partial charge in [-0.25, -0.2) is 0 Å². The Labute approximate surface area is 114 Å². The molecule has 3 N–H and O–H groups in total. The van der Waals surface area contributed by atoms with Gasteiger partial charge in [0.1, 0.15) is 12.0 Å². The van der Waals surface area contributed by atoms with E-state index in [9.17, 15) is 14.4 Å².